The van der Waals surface area contributed by atoms with Gasteiger partial charge in [0.25, 0.3) is 0 Å². The van der Waals surface area contributed by atoms with E-state index >= 15 is 0 Å². The number of hydrogen-bond donors (Lipinski definition) is 0. The van der Waals surface area contributed by atoms with Crippen molar-refractivity contribution >= 4 is 28.9 Å². The van der Waals surface area contributed by atoms with Crippen molar-refractivity contribution in [1.82, 2.24) is 0 Å². The lowest BCUT2D eigenvalue weighted by molar-refractivity contribution is 0.102. The highest BCUT2D eigenvalue weighted by Gasteiger charge is 2.21. The molecule has 100 valence electrons. The number of hydrogen-bond acceptors (Lipinski definition) is 3. The summed E-state index contributed by atoms with van der Waals surface area (Å²) < 4.78 is 0. The van der Waals surface area contributed by atoms with Crippen molar-refractivity contribution in [3.8, 4) is 0 Å². The minimum Gasteiger partial charge on any atom is -0.293 e. The van der Waals surface area contributed by atoms with Crippen molar-refractivity contribution in [1.29, 1.82) is 0 Å². The van der Waals surface area contributed by atoms with Crippen LogP contribution in [0.4, 0.5) is 0 Å². The molecule has 0 bridgehead atoms. The predicted molar refractivity (Wildman–Crippen MR) is 82.0 cm³/mol. The number of carbonyl (C=O) groups excluding carboxylic acids is 1. The predicted octanol–water partition coefficient (Wildman–Crippen LogP) is 4.86. The van der Waals surface area contributed by atoms with Crippen molar-refractivity contribution in [2.24, 2.45) is 5.92 Å². The van der Waals surface area contributed by atoms with Crippen LogP contribution < -0.4 is 0 Å². The minimum atomic E-state index is 0.320. The molecular formula is C15H22OS2. The van der Waals surface area contributed by atoms with Gasteiger partial charge in [-0.15, -0.1) is 11.3 Å². The average molecular weight is 282 g/mol. The van der Waals surface area contributed by atoms with Crippen molar-refractivity contribution in [3.05, 3.63) is 21.4 Å². The van der Waals surface area contributed by atoms with E-state index in [1.807, 2.05) is 17.8 Å². The quantitative estimate of drug-likeness (QED) is 0.734. The summed E-state index contributed by atoms with van der Waals surface area (Å²) in [7, 11) is 0. The number of thiophene rings is 1. The minimum absolute atomic E-state index is 0.320. The Hall–Kier alpha value is -0.280. The molecule has 0 amide bonds. The highest BCUT2D eigenvalue weighted by Crippen LogP contribution is 2.32. The van der Waals surface area contributed by atoms with Gasteiger partial charge in [-0.2, -0.15) is 11.8 Å². The van der Waals surface area contributed by atoms with Crippen LogP contribution in [0.2, 0.25) is 0 Å². The third-order valence-electron chi connectivity index (χ3n) is 3.68. The zero-order valence-corrected chi connectivity index (χ0v) is 13.1. The number of carbonyl (C=O) groups is 1. The van der Waals surface area contributed by atoms with Crippen LogP contribution in [-0.2, 0) is 0 Å². The first-order chi connectivity index (χ1) is 8.56. The molecule has 2 unspecified atom stereocenters. The normalized spacial score (nSPS) is 24.2. The molecule has 2 atom stereocenters. The van der Waals surface area contributed by atoms with E-state index in [9.17, 15) is 4.79 Å². The standard InChI is InChI=1S/C15H22OS2/c1-10-5-4-6-13(7-10)17-9-15(16)14-8-11(2)18-12(14)3/h8,10,13H,4-7,9H2,1-3H3. The monoisotopic (exact) mass is 282 g/mol. The zero-order chi connectivity index (χ0) is 13.1. The first-order valence-corrected chi connectivity index (χ1v) is 8.64. The first-order valence-electron chi connectivity index (χ1n) is 6.78. The molecule has 0 spiro atoms. The Kier molecular flexibility index (Phi) is 4.91. The third-order valence-corrected chi connectivity index (χ3v) is 5.97. The topological polar surface area (TPSA) is 17.1 Å². The molecular weight excluding hydrogens is 260 g/mol. The molecule has 1 aliphatic rings. The molecule has 1 nitrogen and oxygen atoms in total. The fourth-order valence-electron chi connectivity index (χ4n) is 2.71. The zero-order valence-electron chi connectivity index (χ0n) is 11.5. The smallest absolute Gasteiger partial charge is 0.173 e. The van der Waals surface area contributed by atoms with Crippen molar-refractivity contribution in [2.75, 3.05) is 5.75 Å². The summed E-state index contributed by atoms with van der Waals surface area (Å²) in [6.45, 7) is 6.46. The lowest BCUT2D eigenvalue weighted by Crippen LogP contribution is -2.17. The van der Waals surface area contributed by atoms with E-state index < -0.39 is 0 Å². The van der Waals surface area contributed by atoms with Gasteiger partial charge in [-0.25, -0.2) is 0 Å². The molecule has 0 radical (unpaired) electrons. The molecule has 1 aliphatic carbocycles. The van der Waals surface area contributed by atoms with E-state index in [4.69, 9.17) is 0 Å². The Balaban J connectivity index is 1.86. The van der Waals surface area contributed by atoms with Gasteiger partial charge in [0.05, 0.1) is 5.75 Å². The molecule has 0 aromatic carbocycles. The summed E-state index contributed by atoms with van der Waals surface area (Å²) in [4.78, 5) is 14.6. The van der Waals surface area contributed by atoms with Crippen LogP contribution in [-0.4, -0.2) is 16.8 Å². The summed E-state index contributed by atoms with van der Waals surface area (Å²) in [6.07, 6.45) is 5.29. The van der Waals surface area contributed by atoms with Crippen molar-refractivity contribution in [3.63, 3.8) is 0 Å². The number of ketones is 1. The summed E-state index contributed by atoms with van der Waals surface area (Å²) in [5.41, 5.74) is 0.953. The molecule has 1 heterocycles. The number of aryl methyl sites for hydroxylation is 2. The molecule has 0 N–H and O–H groups in total. The number of rotatable bonds is 4. The van der Waals surface area contributed by atoms with Crippen LogP contribution in [0.15, 0.2) is 6.07 Å². The molecule has 0 aliphatic heterocycles. The van der Waals surface area contributed by atoms with E-state index in [1.165, 1.54) is 35.4 Å². The summed E-state index contributed by atoms with van der Waals surface area (Å²) in [5.74, 6) is 1.82. The van der Waals surface area contributed by atoms with Crippen LogP contribution in [0, 0.1) is 19.8 Å². The van der Waals surface area contributed by atoms with Crippen LogP contribution >= 0.6 is 23.1 Å². The molecule has 2 rings (SSSR count). The SMILES string of the molecule is Cc1cc(C(=O)CSC2CCCC(C)C2)c(C)s1. The molecule has 1 fully saturated rings. The van der Waals surface area contributed by atoms with Crippen molar-refractivity contribution in [2.45, 2.75) is 51.7 Å². The van der Waals surface area contributed by atoms with Gasteiger partial charge in [-0.1, -0.05) is 19.8 Å². The van der Waals surface area contributed by atoms with Crippen LogP contribution in [0.3, 0.4) is 0 Å². The van der Waals surface area contributed by atoms with Crippen LogP contribution in [0.5, 0.6) is 0 Å². The van der Waals surface area contributed by atoms with Gasteiger partial charge in [0.15, 0.2) is 5.78 Å². The Labute approximate surface area is 118 Å². The largest absolute Gasteiger partial charge is 0.293 e. The van der Waals surface area contributed by atoms with E-state index in [-0.39, 0.29) is 0 Å². The van der Waals surface area contributed by atoms with E-state index in [1.54, 1.807) is 11.3 Å². The highest BCUT2D eigenvalue weighted by molar-refractivity contribution is 8.00. The average Bonchev–Trinajstić information content (AvgIpc) is 2.66. The van der Waals surface area contributed by atoms with Gasteiger partial charge in [0.2, 0.25) is 0 Å². The maximum atomic E-state index is 12.2. The Bertz CT molecular complexity index is 422. The number of Topliss-reactive ketones (excluding diaryl/α,β-unsaturated/α-hetero) is 1. The molecule has 1 aromatic rings. The second kappa shape index (κ2) is 6.25. The van der Waals surface area contributed by atoms with Gasteiger partial charge in [-0.3, -0.25) is 4.79 Å². The maximum Gasteiger partial charge on any atom is 0.173 e. The number of thioether (sulfide) groups is 1. The second-order valence-electron chi connectivity index (χ2n) is 5.45. The highest BCUT2D eigenvalue weighted by atomic mass is 32.2. The van der Waals surface area contributed by atoms with E-state index in [2.05, 4.69) is 20.8 Å². The van der Waals surface area contributed by atoms with Gasteiger partial charge >= 0.3 is 0 Å². The lowest BCUT2D eigenvalue weighted by atomic mass is 9.91. The molecule has 3 heteroatoms. The van der Waals surface area contributed by atoms with E-state index in [0.29, 0.717) is 16.8 Å². The Morgan fingerprint density at radius 1 is 1.44 bits per heavy atom. The van der Waals surface area contributed by atoms with Gasteiger partial charge in [0, 0.05) is 20.6 Å². The first kappa shape index (κ1) is 14.1. The van der Waals surface area contributed by atoms with Crippen LogP contribution in [0.1, 0.15) is 52.7 Å². The summed E-state index contributed by atoms with van der Waals surface area (Å²) in [6, 6.07) is 2.05. The third kappa shape index (κ3) is 3.61. The van der Waals surface area contributed by atoms with Crippen molar-refractivity contribution < 1.29 is 4.79 Å². The van der Waals surface area contributed by atoms with E-state index in [0.717, 1.165) is 11.5 Å². The second-order valence-corrected chi connectivity index (χ2v) is 8.20. The fourth-order valence-corrected chi connectivity index (χ4v) is 4.99. The fraction of sp³-hybridized carbons (Fsp3) is 0.667. The van der Waals surface area contributed by atoms with Gasteiger partial charge < -0.3 is 0 Å². The Morgan fingerprint density at radius 3 is 2.83 bits per heavy atom. The summed E-state index contributed by atoms with van der Waals surface area (Å²) in [5, 5.41) is 0.706. The molecule has 0 saturated heterocycles. The maximum absolute atomic E-state index is 12.2. The van der Waals surface area contributed by atoms with Crippen LogP contribution in [0.25, 0.3) is 0 Å². The molecule has 1 aromatic heterocycles. The lowest BCUT2D eigenvalue weighted by Gasteiger charge is -2.25. The van der Waals surface area contributed by atoms with Gasteiger partial charge in [-0.05, 0) is 38.7 Å². The van der Waals surface area contributed by atoms with Gasteiger partial charge in [0.1, 0.15) is 0 Å². The molecule has 1 saturated carbocycles. The molecule has 18 heavy (non-hydrogen) atoms. The summed E-state index contributed by atoms with van der Waals surface area (Å²) >= 11 is 3.61. The Morgan fingerprint density at radius 2 is 2.22 bits per heavy atom.